The van der Waals surface area contributed by atoms with Crippen molar-refractivity contribution in [3.05, 3.63) is 0 Å². The molecule has 6 atom stereocenters. The van der Waals surface area contributed by atoms with Crippen LogP contribution < -0.4 is 0 Å². The van der Waals surface area contributed by atoms with Gasteiger partial charge >= 0.3 is 0 Å². The van der Waals surface area contributed by atoms with Crippen molar-refractivity contribution >= 4 is 11.8 Å². The molecule has 5 rings (SSSR count). The van der Waals surface area contributed by atoms with Gasteiger partial charge in [-0.2, -0.15) is 0 Å². The lowest BCUT2D eigenvalue weighted by Gasteiger charge is -2.53. The Morgan fingerprint density at radius 1 is 0.679 bits per heavy atom. The minimum Gasteiger partial charge on any atom is -0.381 e. The van der Waals surface area contributed by atoms with Crippen molar-refractivity contribution in [3.8, 4) is 0 Å². The van der Waals surface area contributed by atoms with Gasteiger partial charge < -0.3 is 29.5 Å². The average molecular weight is 400 g/mol. The molecule has 0 aromatic carbocycles. The molecule has 0 radical (unpaired) electrons. The van der Waals surface area contributed by atoms with Crippen molar-refractivity contribution in [1.29, 1.82) is 0 Å². The first-order valence-electron chi connectivity index (χ1n) is 9.25. The van der Waals surface area contributed by atoms with E-state index in [0.29, 0.717) is 0 Å². The van der Waals surface area contributed by atoms with Gasteiger partial charge in [-0.25, -0.2) is 19.6 Å². The smallest absolute Gasteiger partial charge is 0.222 e. The molecule has 5 heterocycles. The van der Waals surface area contributed by atoms with Crippen LogP contribution in [0.1, 0.15) is 13.8 Å². The molecule has 0 saturated carbocycles. The lowest BCUT2D eigenvalue weighted by molar-refractivity contribution is -0.203. The highest BCUT2D eigenvalue weighted by Gasteiger charge is 2.73. The molecule has 2 N–H and O–H groups in total. The fraction of sp³-hybridized carbons (Fsp3) is 0.875. The summed E-state index contributed by atoms with van der Waals surface area (Å²) in [7, 11) is 3.13. The molecule has 6 unspecified atom stereocenters. The molecule has 12 nitrogen and oxygen atoms in total. The summed E-state index contributed by atoms with van der Waals surface area (Å²) < 4.78 is 10.8. The maximum absolute atomic E-state index is 12.7. The third-order valence-electron chi connectivity index (χ3n) is 6.27. The monoisotopic (exact) mass is 400 g/mol. The molecule has 12 heteroatoms. The maximum atomic E-state index is 12.7. The van der Waals surface area contributed by atoms with Crippen LogP contribution in [0, 0.1) is 0 Å². The quantitative estimate of drug-likeness (QED) is 0.479. The Morgan fingerprint density at radius 3 is 1.29 bits per heavy atom. The van der Waals surface area contributed by atoms with Gasteiger partial charge in [0, 0.05) is 28.1 Å². The number of carbonyl (C=O) groups excluding carboxylic acids is 2. The number of methoxy groups -OCH3 is 2. The van der Waals surface area contributed by atoms with Crippen molar-refractivity contribution in [2.24, 2.45) is 0 Å². The van der Waals surface area contributed by atoms with Gasteiger partial charge in [0.2, 0.25) is 11.8 Å². The van der Waals surface area contributed by atoms with Crippen molar-refractivity contribution in [3.63, 3.8) is 0 Å². The molecule has 158 valence electrons. The second-order valence-corrected chi connectivity index (χ2v) is 7.51. The maximum Gasteiger partial charge on any atom is 0.222 e. The van der Waals surface area contributed by atoms with E-state index in [4.69, 9.17) is 9.47 Å². The molecule has 2 amide bonds. The number of nitrogens with zero attached hydrogens (tertiary/aromatic N) is 6. The summed E-state index contributed by atoms with van der Waals surface area (Å²) in [5.41, 5.74) is 0. The van der Waals surface area contributed by atoms with Crippen molar-refractivity contribution < 1.29 is 29.3 Å². The number of carbonyl (C=O) groups is 2. The number of aliphatic hydroxyl groups excluding tert-OH is 2. The van der Waals surface area contributed by atoms with Gasteiger partial charge in [0.15, 0.2) is 0 Å². The molecule has 0 spiro atoms. The Labute approximate surface area is 163 Å². The molecule has 5 aliphatic rings. The van der Waals surface area contributed by atoms with E-state index in [2.05, 4.69) is 0 Å². The summed E-state index contributed by atoms with van der Waals surface area (Å²) in [5, 5.41) is 20.5. The van der Waals surface area contributed by atoms with E-state index in [0.717, 1.165) is 0 Å². The van der Waals surface area contributed by atoms with Gasteiger partial charge in [0.05, 0.1) is 13.5 Å². The number of rotatable bonds is 6. The molecule has 5 aliphatic heterocycles. The van der Waals surface area contributed by atoms with Crippen LogP contribution in [0.4, 0.5) is 0 Å². The number of hydrogen-bond acceptors (Lipinski definition) is 10. The van der Waals surface area contributed by atoms with Crippen LogP contribution in [0.25, 0.3) is 0 Å². The number of piperazine rings is 1. The van der Waals surface area contributed by atoms with Gasteiger partial charge in [-0.3, -0.25) is 9.59 Å². The molecule has 6 bridgehead atoms. The lowest BCUT2D eigenvalue weighted by atomic mass is 10.1. The first-order valence-corrected chi connectivity index (χ1v) is 9.25. The van der Waals surface area contributed by atoms with Gasteiger partial charge in [0.1, 0.15) is 50.5 Å². The molecule has 28 heavy (non-hydrogen) atoms. The molecular weight excluding hydrogens is 372 g/mol. The molecular formula is C16H28N6O6. The van der Waals surface area contributed by atoms with E-state index in [-0.39, 0.29) is 38.7 Å². The normalized spacial score (nSPS) is 38.1. The molecule has 0 aliphatic carbocycles. The van der Waals surface area contributed by atoms with Crippen LogP contribution in [-0.2, 0) is 19.1 Å². The second kappa shape index (κ2) is 7.15. The Bertz CT molecular complexity index is 603. The largest absolute Gasteiger partial charge is 0.381 e. The van der Waals surface area contributed by atoms with Crippen LogP contribution in [0.3, 0.4) is 0 Å². The third kappa shape index (κ3) is 2.34. The zero-order chi connectivity index (χ0) is 20.3. The number of ether oxygens (including phenoxy) is 2. The predicted molar refractivity (Wildman–Crippen MR) is 93.0 cm³/mol. The summed E-state index contributed by atoms with van der Waals surface area (Å²) in [6.07, 6.45) is -2.85. The van der Waals surface area contributed by atoms with E-state index >= 15 is 0 Å². The van der Waals surface area contributed by atoms with E-state index in [1.807, 2.05) is 14.7 Å². The fourth-order valence-electron chi connectivity index (χ4n) is 5.59. The molecule has 5 saturated heterocycles. The van der Waals surface area contributed by atoms with Gasteiger partial charge in [-0.05, 0) is 0 Å². The number of aliphatic hydroxyl groups is 2. The van der Waals surface area contributed by atoms with E-state index in [1.54, 1.807) is 28.9 Å². The Morgan fingerprint density at radius 2 is 1.00 bits per heavy atom. The number of amides is 2. The SMILES string of the molecule is COCN1C2C3N(CO)C4C(N2CO)N(COC)C(C1N3C(C)=O)N4C(C)=O. The fourth-order valence-corrected chi connectivity index (χ4v) is 5.59. The molecule has 0 aromatic rings. The van der Waals surface area contributed by atoms with Crippen molar-refractivity contribution in [2.45, 2.75) is 50.8 Å². The van der Waals surface area contributed by atoms with Crippen molar-refractivity contribution in [2.75, 3.05) is 41.1 Å². The topological polar surface area (TPSA) is 112 Å². The van der Waals surface area contributed by atoms with Crippen LogP contribution in [0.2, 0.25) is 0 Å². The van der Waals surface area contributed by atoms with Gasteiger partial charge in [-0.1, -0.05) is 0 Å². The summed E-state index contributed by atoms with van der Waals surface area (Å²) in [6, 6.07) is 0. The van der Waals surface area contributed by atoms with E-state index in [9.17, 15) is 19.8 Å². The zero-order valence-electron chi connectivity index (χ0n) is 16.5. The minimum absolute atomic E-state index is 0.179. The lowest BCUT2D eigenvalue weighted by Crippen LogP contribution is -2.74. The van der Waals surface area contributed by atoms with E-state index in [1.165, 1.54) is 13.8 Å². The van der Waals surface area contributed by atoms with Crippen LogP contribution >= 0.6 is 0 Å². The second-order valence-electron chi connectivity index (χ2n) is 7.51. The Kier molecular flexibility index (Phi) is 5.08. The van der Waals surface area contributed by atoms with E-state index < -0.39 is 37.0 Å². The van der Waals surface area contributed by atoms with Crippen LogP contribution in [0.15, 0.2) is 0 Å². The highest BCUT2D eigenvalue weighted by molar-refractivity contribution is 5.77. The highest BCUT2D eigenvalue weighted by Crippen LogP contribution is 2.50. The first kappa shape index (κ1) is 19.9. The Hall–Kier alpha value is -1.38. The standard InChI is InChI=1S/C16H28N6O6/c1-9(25)21-13-11-17(5-23)12-14(18(13)6-24)22(10(2)26)16(20(12)8-28-4)15(21)19(11)7-27-3/h11-16,23-24H,5-8H2,1-4H3. The predicted octanol–water partition coefficient (Wildman–Crippen LogP) is -2.99. The summed E-state index contributed by atoms with van der Waals surface area (Å²) in [5.74, 6) is -0.358. The zero-order valence-corrected chi connectivity index (χ0v) is 16.5. The average Bonchev–Trinajstić information content (AvgIpc) is 3.07. The van der Waals surface area contributed by atoms with Gasteiger partial charge in [0.25, 0.3) is 0 Å². The van der Waals surface area contributed by atoms with Crippen LogP contribution in [-0.4, -0.2) is 130 Å². The minimum atomic E-state index is -0.521. The Balaban J connectivity index is 1.96. The van der Waals surface area contributed by atoms with Crippen molar-refractivity contribution in [1.82, 2.24) is 29.4 Å². The highest BCUT2D eigenvalue weighted by atomic mass is 16.5. The molecule has 0 aromatic heterocycles. The molecule has 5 fully saturated rings. The first-order chi connectivity index (χ1) is 13.4. The summed E-state index contributed by atoms with van der Waals surface area (Å²) in [4.78, 5) is 36.3. The summed E-state index contributed by atoms with van der Waals surface area (Å²) in [6.45, 7) is 2.74. The number of hydrogen-bond donors (Lipinski definition) is 2. The third-order valence-corrected chi connectivity index (χ3v) is 6.27. The van der Waals surface area contributed by atoms with Gasteiger partial charge in [-0.15, -0.1) is 0 Å². The van der Waals surface area contributed by atoms with Crippen LogP contribution in [0.5, 0.6) is 0 Å². The summed E-state index contributed by atoms with van der Waals surface area (Å²) >= 11 is 0.